The second-order valence-electron chi connectivity index (χ2n) is 7.40. The average Bonchev–Trinajstić information content (AvgIpc) is 3.39. The second kappa shape index (κ2) is 7.97. The molecule has 1 fully saturated rings. The van der Waals surface area contributed by atoms with E-state index in [1.165, 1.54) is 34.2 Å². The minimum atomic E-state index is -1.03. The van der Waals surface area contributed by atoms with Gasteiger partial charge in [-0.3, -0.25) is 9.59 Å². The summed E-state index contributed by atoms with van der Waals surface area (Å²) in [6, 6.07) is 5.69. The number of nitrogens with one attached hydrogen (secondary N) is 3. The van der Waals surface area contributed by atoms with Crippen molar-refractivity contribution in [3.63, 3.8) is 0 Å². The summed E-state index contributed by atoms with van der Waals surface area (Å²) in [6.07, 6.45) is 3.40. The third-order valence-electron chi connectivity index (χ3n) is 5.36. The van der Waals surface area contributed by atoms with Crippen LogP contribution in [0.1, 0.15) is 29.3 Å². The summed E-state index contributed by atoms with van der Waals surface area (Å²) < 4.78 is 26.1. The van der Waals surface area contributed by atoms with E-state index >= 15 is 0 Å². The van der Waals surface area contributed by atoms with E-state index in [1.54, 1.807) is 11.3 Å². The van der Waals surface area contributed by atoms with Gasteiger partial charge < -0.3 is 15.5 Å². The molecule has 8 heteroatoms. The fraction of sp³-hybridized carbons (Fsp3) is 0.400. The first-order valence-corrected chi connectivity index (χ1v) is 10.3. The van der Waals surface area contributed by atoms with Gasteiger partial charge in [-0.2, -0.15) is 0 Å². The number of halogens is 2. The first kappa shape index (κ1) is 19.0. The number of quaternary nitrogens is 1. The van der Waals surface area contributed by atoms with Gasteiger partial charge in [0, 0.05) is 34.5 Å². The van der Waals surface area contributed by atoms with Crippen molar-refractivity contribution in [2.45, 2.75) is 25.3 Å². The van der Waals surface area contributed by atoms with Crippen LogP contribution in [0.2, 0.25) is 0 Å². The van der Waals surface area contributed by atoms with Gasteiger partial charge in [0.25, 0.3) is 5.91 Å². The second-order valence-corrected chi connectivity index (χ2v) is 8.40. The molecule has 148 valence electrons. The zero-order valence-electron chi connectivity index (χ0n) is 15.3. The molecule has 1 aromatic heterocycles. The van der Waals surface area contributed by atoms with Crippen molar-refractivity contribution in [1.82, 2.24) is 5.32 Å². The number of hydrogen-bond acceptors (Lipinski definition) is 3. The van der Waals surface area contributed by atoms with Gasteiger partial charge >= 0.3 is 0 Å². The molecule has 3 N–H and O–H groups in total. The lowest BCUT2D eigenvalue weighted by molar-refractivity contribution is -0.928. The van der Waals surface area contributed by atoms with Gasteiger partial charge in [0.05, 0.1) is 13.1 Å². The average molecular weight is 406 g/mol. The SMILES string of the molecule is O=C(C[NH+]1CCc2sccc2[C@@H]1C1CC1)NCC(=O)Nc1ccc(F)c(F)c1. The van der Waals surface area contributed by atoms with Gasteiger partial charge in [0.2, 0.25) is 5.91 Å². The maximum atomic E-state index is 13.2. The van der Waals surface area contributed by atoms with E-state index in [2.05, 4.69) is 22.1 Å². The molecule has 1 aliphatic carbocycles. The Hall–Kier alpha value is -2.32. The molecule has 0 bridgehead atoms. The van der Waals surface area contributed by atoms with Crippen LogP contribution >= 0.6 is 11.3 Å². The quantitative estimate of drug-likeness (QED) is 0.684. The van der Waals surface area contributed by atoms with Crippen molar-refractivity contribution in [1.29, 1.82) is 0 Å². The molecule has 2 amide bonds. The van der Waals surface area contributed by atoms with Crippen LogP contribution in [0.4, 0.5) is 14.5 Å². The molecular weight excluding hydrogens is 384 g/mol. The van der Waals surface area contributed by atoms with Crippen LogP contribution in [0.3, 0.4) is 0 Å². The summed E-state index contributed by atoms with van der Waals surface area (Å²) in [5.41, 5.74) is 1.54. The number of hydrogen-bond donors (Lipinski definition) is 3. The van der Waals surface area contributed by atoms with Crippen LogP contribution in [0.5, 0.6) is 0 Å². The van der Waals surface area contributed by atoms with E-state index in [9.17, 15) is 18.4 Å². The third-order valence-corrected chi connectivity index (χ3v) is 6.35. The van der Waals surface area contributed by atoms with E-state index in [1.807, 2.05) is 0 Å². The number of amides is 2. The Morgan fingerprint density at radius 2 is 1.96 bits per heavy atom. The molecule has 4 rings (SSSR count). The van der Waals surface area contributed by atoms with Crippen LogP contribution in [-0.4, -0.2) is 31.4 Å². The largest absolute Gasteiger partial charge is 0.342 e. The third kappa shape index (κ3) is 4.23. The minimum absolute atomic E-state index is 0.151. The van der Waals surface area contributed by atoms with Gasteiger partial charge in [-0.1, -0.05) is 0 Å². The molecule has 1 saturated carbocycles. The predicted molar refractivity (Wildman–Crippen MR) is 102 cm³/mol. The van der Waals surface area contributed by atoms with Gasteiger partial charge in [0.15, 0.2) is 18.2 Å². The fourth-order valence-corrected chi connectivity index (χ4v) is 4.85. The van der Waals surface area contributed by atoms with E-state index in [0.29, 0.717) is 18.5 Å². The Balaban J connectivity index is 1.29. The van der Waals surface area contributed by atoms with E-state index in [4.69, 9.17) is 0 Å². The van der Waals surface area contributed by atoms with Gasteiger partial charge in [-0.15, -0.1) is 11.3 Å². The van der Waals surface area contributed by atoms with E-state index in [-0.39, 0.29) is 18.1 Å². The maximum Gasteiger partial charge on any atom is 0.275 e. The normalized spacial score (nSPS) is 21.1. The summed E-state index contributed by atoms with van der Waals surface area (Å²) in [4.78, 5) is 27.0. The summed E-state index contributed by atoms with van der Waals surface area (Å²) in [6.45, 7) is 1.04. The highest BCUT2D eigenvalue weighted by molar-refractivity contribution is 7.10. The lowest BCUT2D eigenvalue weighted by Gasteiger charge is -2.32. The fourth-order valence-electron chi connectivity index (χ4n) is 3.92. The standard InChI is InChI=1S/C20H21F2N3O2S/c21-15-4-3-13(9-16(15)22)24-18(26)10-23-19(27)11-25-7-5-17-14(6-8-28-17)20(25)12-1-2-12/h3-4,6,8-9,12,20H,1-2,5,7,10-11H2,(H,23,27)(H,24,26)/p+1/t20-/m0/s1. The highest BCUT2D eigenvalue weighted by Gasteiger charge is 2.43. The summed E-state index contributed by atoms with van der Waals surface area (Å²) in [5.74, 6) is -2.02. The Bertz CT molecular complexity index is 897. The maximum absolute atomic E-state index is 13.2. The first-order valence-electron chi connectivity index (χ1n) is 9.43. The molecule has 1 unspecified atom stereocenters. The minimum Gasteiger partial charge on any atom is -0.342 e. The molecule has 1 aliphatic heterocycles. The topological polar surface area (TPSA) is 62.6 Å². The van der Waals surface area contributed by atoms with Gasteiger partial charge in [-0.05, 0) is 36.4 Å². The molecule has 0 spiro atoms. The zero-order chi connectivity index (χ0) is 19.7. The number of rotatable bonds is 6. The van der Waals surface area contributed by atoms with Crippen molar-refractivity contribution in [3.05, 3.63) is 51.7 Å². The monoisotopic (exact) mass is 406 g/mol. The lowest BCUT2D eigenvalue weighted by atomic mass is 9.96. The Labute approximate surface area is 165 Å². The van der Waals surface area contributed by atoms with Crippen LogP contribution < -0.4 is 15.5 Å². The highest BCUT2D eigenvalue weighted by atomic mass is 32.1. The van der Waals surface area contributed by atoms with Crippen LogP contribution in [-0.2, 0) is 16.0 Å². The zero-order valence-corrected chi connectivity index (χ0v) is 16.1. The number of benzene rings is 1. The van der Waals surface area contributed by atoms with Crippen molar-refractivity contribution >= 4 is 28.8 Å². The number of fused-ring (bicyclic) bond motifs is 1. The Morgan fingerprint density at radius 1 is 1.14 bits per heavy atom. The van der Waals surface area contributed by atoms with Crippen LogP contribution in [0.25, 0.3) is 0 Å². The predicted octanol–water partition coefficient (Wildman–Crippen LogP) is 1.67. The van der Waals surface area contributed by atoms with Crippen molar-refractivity contribution < 1.29 is 23.3 Å². The molecule has 0 saturated heterocycles. The smallest absolute Gasteiger partial charge is 0.275 e. The van der Waals surface area contributed by atoms with Crippen molar-refractivity contribution in [3.8, 4) is 0 Å². The number of anilines is 1. The van der Waals surface area contributed by atoms with Gasteiger partial charge in [-0.25, -0.2) is 8.78 Å². The Kier molecular flexibility index (Phi) is 5.41. The molecule has 5 nitrogen and oxygen atoms in total. The number of carbonyl (C=O) groups excluding carboxylic acids is 2. The number of carbonyl (C=O) groups is 2. The summed E-state index contributed by atoms with van der Waals surface area (Å²) in [7, 11) is 0. The number of thiophene rings is 1. The summed E-state index contributed by atoms with van der Waals surface area (Å²) in [5, 5.41) is 7.22. The van der Waals surface area contributed by atoms with Crippen LogP contribution in [0.15, 0.2) is 29.6 Å². The van der Waals surface area contributed by atoms with E-state index < -0.39 is 17.5 Å². The molecule has 2 aromatic rings. The molecule has 28 heavy (non-hydrogen) atoms. The summed E-state index contributed by atoms with van der Waals surface area (Å²) >= 11 is 1.80. The lowest BCUT2D eigenvalue weighted by Crippen LogP contribution is -3.14. The molecule has 1 aromatic carbocycles. The molecule has 2 aliphatic rings. The van der Waals surface area contributed by atoms with Crippen LogP contribution in [0, 0.1) is 17.6 Å². The molecule has 2 atom stereocenters. The molecule has 2 heterocycles. The first-order chi connectivity index (χ1) is 13.5. The van der Waals surface area contributed by atoms with Crippen molar-refractivity contribution in [2.75, 3.05) is 25.0 Å². The van der Waals surface area contributed by atoms with Crippen molar-refractivity contribution in [2.24, 2.45) is 5.92 Å². The van der Waals surface area contributed by atoms with Gasteiger partial charge in [0.1, 0.15) is 6.04 Å². The van der Waals surface area contributed by atoms with E-state index in [0.717, 1.165) is 25.1 Å². The highest BCUT2D eigenvalue weighted by Crippen LogP contribution is 2.42. The Morgan fingerprint density at radius 3 is 2.71 bits per heavy atom. The molecular formula is C20H22F2N3O2S+. The molecule has 0 radical (unpaired) electrons.